The number of hydrogen-bond donors (Lipinski definition) is 1. The number of ether oxygens (including phenoxy) is 1. The molecule has 3 atom stereocenters. The van der Waals surface area contributed by atoms with E-state index in [1.165, 1.54) is 19.4 Å². The minimum absolute atomic E-state index is 0.112. The van der Waals surface area contributed by atoms with Crippen LogP contribution in [0.4, 0.5) is 0 Å². The molecular formula is C20H27N2O2+. The van der Waals surface area contributed by atoms with E-state index in [2.05, 4.69) is 12.2 Å². The molecule has 24 heavy (non-hydrogen) atoms. The highest BCUT2D eigenvalue weighted by molar-refractivity contribution is 5.77. The van der Waals surface area contributed by atoms with Gasteiger partial charge in [0.2, 0.25) is 0 Å². The average molecular weight is 327 g/mol. The summed E-state index contributed by atoms with van der Waals surface area (Å²) in [5, 5.41) is 0. The lowest BCUT2D eigenvalue weighted by molar-refractivity contribution is -0.907. The molecule has 4 rings (SSSR count). The minimum Gasteiger partial charge on any atom is -0.484 e. The summed E-state index contributed by atoms with van der Waals surface area (Å²) in [6, 6.07) is 9.57. The molecule has 4 heteroatoms. The summed E-state index contributed by atoms with van der Waals surface area (Å²) in [5.41, 5.74) is 0. The fraction of sp³-hybridized carbons (Fsp3) is 0.550. The van der Waals surface area contributed by atoms with Crippen LogP contribution in [0.25, 0.3) is 0 Å². The molecule has 2 bridgehead atoms. The number of hydrogen-bond acceptors (Lipinski definition) is 2. The Kier molecular flexibility index (Phi) is 4.56. The van der Waals surface area contributed by atoms with Crippen LogP contribution in [0.5, 0.6) is 5.75 Å². The van der Waals surface area contributed by atoms with E-state index in [1.807, 2.05) is 35.2 Å². The lowest BCUT2D eigenvalue weighted by atomic mass is 9.93. The van der Waals surface area contributed by atoms with Gasteiger partial charge in [0.05, 0.1) is 32.7 Å². The van der Waals surface area contributed by atoms with Gasteiger partial charge in [-0.2, -0.15) is 0 Å². The molecule has 3 aliphatic rings. The number of fused-ring (bicyclic) bond motifs is 2. The van der Waals surface area contributed by atoms with Crippen molar-refractivity contribution in [2.45, 2.75) is 12.8 Å². The topological polar surface area (TPSA) is 34.0 Å². The summed E-state index contributed by atoms with van der Waals surface area (Å²) < 4.78 is 5.58. The second-order valence-corrected chi connectivity index (χ2v) is 7.48. The van der Waals surface area contributed by atoms with Gasteiger partial charge in [-0.15, -0.1) is 0 Å². The summed E-state index contributed by atoms with van der Waals surface area (Å²) in [5.74, 6) is 3.44. The molecule has 1 heterocycles. The first-order valence-corrected chi connectivity index (χ1v) is 9.25. The smallest absolute Gasteiger partial charge is 0.260 e. The summed E-state index contributed by atoms with van der Waals surface area (Å²) in [6.07, 6.45) is 7.64. The van der Waals surface area contributed by atoms with Gasteiger partial charge in [-0.3, -0.25) is 4.79 Å². The number of carbonyl (C=O) groups is 1. The van der Waals surface area contributed by atoms with Gasteiger partial charge in [0.25, 0.3) is 5.91 Å². The summed E-state index contributed by atoms with van der Waals surface area (Å²) in [7, 11) is 0. The third-order valence-corrected chi connectivity index (χ3v) is 5.90. The molecule has 0 radical (unpaired) electrons. The first-order valence-electron chi connectivity index (χ1n) is 9.25. The van der Waals surface area contributed by atoms with Crippen LogP contribution in [0.15, 0.2) is 42.5 Å². The highest BCUT2D eigenvalue weighted by atomic mass is 16.5. The third kappa shape index (κ3) is 3.48. The lowest BCUT2D eigenvalue weighted by Gasteiger charge is -2.34. The van der Waals surface area contributed by atoms with Crippen molar-refractivity contribution in [3.05, 3.63) is 42.5 Å². The van der Waals surface area contributed by atoms with Crippen LogP contribution in [-0.4, -0.2) is 50.1 Å². The number of para-hydroxylation sites is 1. The molecule has 1 aromatic rings. The van der Waals surface area contributed by atoms with Gasteiger partial charge in [0.15, 0.2) is 6.61 Å². The number of rotatable bonds is 5. The number of carbonyl (C=O) groups excluding carboxylic acids is 1. The first-order chi connectivity index (χ1) is 11.8. The molecule has 2 aliphatic carbocycles. The molecule has 1 amide bonds. The van der Waals surface area contributed by atoms with Gasteiger partial charge in [-0.25, -0.2) is 0 Å². The maximum atomic E-state index is 12.3. The Hall–Kier alpha value is -1.81. The van der Waals surface area contributed by atoms with E-state index in [0.717, 1.165) is 49.7 Å². The van der Waals surface area contributed by atoms with Gasteiger partial charge >= 0.3 is 0 Å². The SMILES string of the molecule is O=C(COc1ccccc1)N1CC[NH+](C[C@@H]2C[C@@H]3C=C[C@H]2C3)CC1. The number of piperazine rings is 1. The van der Waals surface area contributed by atoms with Gasteiger partial charge in [-0.1, -0.05) is 30.4 Å². The summed E-state index contributed by atoms with van der Waals surface area (Å²) in [6.45, 7) is 5.32. The molecule has 1 saturated carbocycles. The van der Waals surface area contributed by atoms with E-state index in [1.54, 1.807) is 4.90 Å². The van der Waals surface area contributed by atoms with E-state index in [0.29, 0.717) is 0 Å². The highest BCUT2D eigenvalue weighted by Crippen LogP contribution is 2.42. The Labute approximate surface area is 144 Å². The van der Waals surface area contributed by atoms with Gasteiger partial charge < -0.3 is 14.5 Å². The highest BCUT2D eigenvalue weighted by Gasteiger charge is 2.38. The third-order valence-electron chi connectivity index (χ3n) is 5.90. The van der Waals surface area contributed by atoms with E-state index < -0.39 is 0 Å². The first kappa shape index (κ1) is 15.7. The maximum absolute atomic E-state index is 12.3. The largest absolute Gasteiger partial charge is 0.484 e. The molecule has 0 unspecified atom stereocenters. The van der Waals surface area contributed by atoms with Gasteiger partial charge in [-0.05, 0) is 36.8 Å². The van der Waals surface area contributed by atoms with E-state index in [9.17, 15) is 4.79 Å². The van der Waals surface area contributed by atoms with Crippen LogP contribution >= 0.6 is 0 Å². The molecule has 1 aliphatic heterocycles. The number of allylic oxidation sites excluding steroid dienone is 2. The van der Waals surface area contributed by atoms with Crippen molar-refractivity contribution in [2.75, 3.05) is 39.3 Å². The molecule has 4 nitrogen and oxygen atoms in total. The standard InChI is InChI=1S/C20H26N2O2/c23-20(15-24-19-4-2-1-3-5-19)22-10-8-21(9-11-22)14-18-13-16-6-7-17(18)12-16/h1-7,16-18H,8-15H2/p+1/t16-,17+,18+/m1/s1. The molecule has 0 aromatic heterocycles. The Bertz CT molecular complexity index is 593. The van der Waals surface area contributed by atoms with Crippen LogP contribution in [0.3, 0.4) is 0 Å². The lowest BCUT2D eigenvalue weighted by Crippen LogP contribution is -3.15. The molecule has 1 aromatic carbocycles. The van der Waals surface area contributed by atoms with Crippen LogP contribution in [0.1, 0.15) is 12.8 Å². The zero-order valence-electron chi connectivity index (χ0n) is 14.2. The van der Waals surface area contributed by atoms with Crippen LogP contribution in [-0.2, 0) is 4.79 Å². The van der Waals surface area contributed by atoms with Crippen molar-refractivity contribution in [1.82, 2.24) is 4.90 Å². The number of benzene rings is 1. The Balaban J connectivity index is 1.20. The summed E-state index contributed by atoms with van der Waals surface area (Å²) in [4.78, 5) is 15.9. The predicted octanol–water partition coefficient (Wildman–Crippen LogP) is 1.00. The van der Waals surface area contributed by atoms with Crippen LogP contribution in [0.2, 0.25) is 0 Å². The second kappa shape index (κ2) is 6.98. The Morgan fingerprint density at radius 2 is 1.92 bits per heavy atom. The van der Waals surface area contributed by atoms with E-state index in [4.69, 9.17) is 4.74 Å². The second-order valence-electron chi connectivity index (χ2n) is 7.48. The van der Waals surface area contributed by atoms with Gasteiger partial charge in [0, 0.05) is 5.92 Å². The van der Waals surface area contributed by atoms with Crippen molar-refractivity contribution in [2.24, 2.45) is 17.8 Å². The normalized spacial score (nSPS) is 29.2. The zero-order valence-corrected chi connectivity index (χ0v) is 14.2. The van der Waals surface area contributed by atoms with Crippen molar-refractivity contribution >= 4 is 5.91 Å². The Morgan fingerprint density at radius 1 is 1.12 bits per heavy atom. The molecule has 0 spiro atoms. The van der Waals surface area contributed by atoms with Crippen molar-refractivity contribution < 1.29 is 14.4 Å². The molecule has 128 valence electrons. The quantitative estimate of drug-likeness (QED) is 0.819. The van der Waals surface area contributed by atoms with Gasteiger partial charge in [0.1, 0.15) is 5.75 Å². The van der Waals surface area contributed by atoms with E-state index >= 15 is 0 Å². The molecular weight excluding hydrogens is 300 g/mol. The number of quaternary nitrogens is 1. The van der Waals surface area contributed by atoms with Crippen LogP contribution in [0, 0.1) is 17.8 Å². The molecule has 1 N–H and O–H groups in total. The van der Waals surface area contributed by atoms with Crippen molar-refractivity contribution in [3.63, 3.8) is 0 Å². The Morgan fingerprint density at radius 3 is 2.58 bits per heavy atom. The zero-order chi connectivity index (χ0) is 16.4. The minimum atomic E-state index is 0.112. The fourth-order valence-electron chi connectivity index (χ4n) is 4.53. The maximum Gasteiger partial charge on any atom is 0.260 e. The summed E-state index contributed by atoms with van der Waals surface area (Å²) >= 11 is 0. The molecule has 2 fully saturated rings. The van der Waals surface area contributed by atoms with Crippen molar-refractivity contribution in [3.8, 4) is 5.75 Å². The fourth-order valence-corrected chi connectivity index (χ4v) is 4.53. The average Bonchev–Trinajstić information content (AvgIpc) is 3.24. The number of amides is 1. The van der Waals surface area contributed by atoms with E-state index in [-0.39, 0.29) is 12.5 Å². The molecule has 1 saturated heterocycles. The number of nitrogens with one attached hydrogen (secondary N) is 1. The monoisotopic (exact) mass is 327 g/mol. The van der Waals surface area contributed by atoms with Crippen molar-refractivity contribution in [1.29, 1.82) is 0 Å². The predicted molar refractivity (Wildman–Crippen MR) is 92.9 cm³/mol. The number of nitrogens with zero attached hydrogens (tertiary/aromatic N) is 1. The van der Waals surface area contributed by atoms with Crippen LogP contribution < -0.4 is 9.64 Å².